The molecule has 206 valence electrons. The minimum absolute atomic E-state index is 0.0117. The molecule has 1 heterocycles. The van der Waals surface area contributed by atoms with E-state index in [9.17, 15) is 18.0 Å². The van der Waals surface area contributed by atoms with Crippen molar-refractivity contribution in [1.82, 2.24) is 15.5 Å². The number of likely N-dealkylation sites (tertiary alicyclic amines) is 1. The average molecular weight is 540 g/mol. The Balaban J connectivity index is 1.24. The molecule has 1 saturated carbocycles. The van der Waals surface area contributed by atoms with E-state index in [2.05, 4.69) is 15.5 Å². The Morgan fingerprint density at radius 3 is 2.54 bits per heavy atom. The number of benzene rings is 3. The minimum atomic E-state index is -4.39. The number of halogens is 3. The van der Waals surface area contributed by atoms with Crippen molar-refractivity contribution in [1.29, 1.82) is 0 Å². The summed E-state index contributed by atoms with van der Waals surface area (Å²) in [7, 11) is 0. The number of rotatable bonds is 10. The molecule has 1 amide bonds. The average Bonchev–Trinajstić information content (AvgIpc) is 3.56. The summed E-state index contributed by atoms with van der Waals surface area (Å²) in [6, 6.07) is 21.3. The van der Waals surface area contributed by atoms with E-state index in [0.717, 1.165) is 67.8 Å². The first-order chi connectivity index (χ1) is 18.8. The second kappa shape index (κ2) is 11.7. The van der Waals surface area contributed by atoms with Gasteiger partial charge in [-0.2, -0.15) is 13.2 Å². The fourth-order valence-electron chi connectivity index (χ4n) is 5.23. The summed E-state index contributed by atoms with van der Waals surface area (Å²) in [6.07, 6.45) is -3.56. The summed E-state index contributed by atoms with van der Waals surface area (Å²) >= 11 is 0. The predicted octanol–water partition coefficient (Wildman–Crippen LogP) is 5.74. The van der Waals surface area contributed by atoms with Gasteiger partial charge in [-0.3, -0.25) is 4.90 Å². The van der Waals surface area contributed by atoms with E-state index in [4.69, 9.17) is 9.84 Å². The van der Waals surface area contributed by atoms with Crippen LogP contribution in [0.25, 0.3) is 11.1 Å². The van der Waals surface area contributed by atoms with Gasteiger partial charge in [0.1, 0.15) is 12.4 Å². The number of carboxylic acid groups (broad SMARTS) is 1. The van der Waals surface area contributed by atoms with E-state index in [1.54, 1.807) is 0 Å². The van der Waals surface area contributed by atoms with Gasteiger partial charge < -0.3 is 20.5 Å². The summed E-state index contributed by atoms with van der Waals surface area (Å²) in [4.78, 5) is 13.1. The van der Waals surface area contributed by atoms with Crippen molar-refractivity contribution in [3.05, 3.63) is 89.5 Å². The van der Waals surface area contributed by atoms with Gasteiger partial charge in [0.25, 0.3) is 0 Å². The molecular weight excluding hydrogens is 507 g/mol. The van der Waals surface area contributed by atoms with Crippen LogP contribution in [0.3, 0.4) is 0 Å². The quantitative estimate of drug-likeness (QED) is 0.307. The van der Waals surface area contributed by atoms with E-state index < -0.39 is 17.8 Å². The Bertz CT molecular complexity index is 1270. The van der Waals surface area contributed by atoms with Gasteiger partial charge in [-0.15, -0.1) is 0 Å². The molecule has 2 aliphatic rings. The normalized spacial score (nSPS) is 21.1. The minimum Gasteiger partial charge on any atom is -0.488 e. The lowest BCUT2D eigenvalue weighted by Gasteiger charge is -2.17. The molecule has 1 aliphatic heterocycles. The van der Waals surface area contributed by atoms with Gasteiger partial charge in [-0.1, -0.05) is 48.5 Å². The van der Waals surface area contributed by atoms with Crippen molar-refractivity contribution in [2.45, 2.75) is 43.6 Å². The molecule has 2 fully saturated rings. The molecular formula is C30H32F3N3O3. The van der Waals surface area contributed by atoms with Crippen LogP contribution in [0.4, 0.5) is 18.0 Å². The molecule has 3 aromatic carbocycles. The van der Waals surface area contributed by atoms with Crippen LogP contribution in [0.5, 0.6) is 5.75 Å². The lowest BCUT2D eigenvalue weighted by atomic mass is 9.98. The zero-order valence-electron chi connectivity index (χ0n) is 21.5. The number of ether oxygens (including phenoxy) is 1. The van der Waals surface area contributed by atoms with E-state index in [-0.39, 0.29) is 6.04 Å². The van der Waals surface area contributed by atoms with Gasteiger partial charge in [-0.25, -0.2) is 4.79 Å². The molecule has 3 atom stereocenters. The first kappa shape index (κ1) is 27.0. The highest BCUT2D eigenvalue weighted by atomic mass is 19.4. The second-order valence-corrected chi connectivity index (χ2v) is 10.2. The van der Waals surface area contributed by atoms with E-state index in [1.165, 1.54) is 12.1 Å². The van der Waals surface area contributed by atoms with Gasteiger partial charge in [0.15, 0.2) is 0 Å². The van der Waals surface area contributed by atoms with Crippen molar-refractivity contribution < 1.29 is 27.8 Å². The Labute approximate surface area is 225 Å². The zero-order chi connectivity index (χ0) is 27.4. The van der Waals surface area contributed by atoms with Crippen molar-refractivity contribution in [2.24, 2.45) is 0 Å². The van der Waals surface area contributed by atoms with Crippen LogP contribution in [0.1, 0.15) is 35.4 Å². The molecule has 0 radical (unpaired) electrons. The SMILES string of the molecule is O=C(O)NC1CCN(CCNC2CC2c2ccc(OCc3ccccc3)c(-c3ccc(C(F)(F)F)cc3)c2)C1. The Morgan fingerprint density at radius 1 is 1.05 bits per heavy atom. The summed E-state index contributed by atoms with van der Waals surface area (Å²) in [5, 5.41) is 15.0. The van der Waals surface area contributed by atoms with Crippen LogP contribution in [-0.2, 0) is 12.8 Å². The topological polar surface area (TPSA) is 73.8 Å². The monoisotopic (exact) mass is 539 g/mol. The first-order valence-electron chi connectivity index (χ1n) is 13.2. The van der Waals surface area contributed by atoms with Gasteiger partial charge in [0.05, 0.1) is 5.56 Å². The number of hydrogen-bond donors (Lipinski definition) is 3. The Hall–Kier alpha value is -3.56. The fourth-order valence-corrected chi connectivity index (χ4v) is 5.23. The molecule has 3 aromatic rings. The van der Waals surface area contributed by atoms with Crippen LogP contribution < -0.4 is 15.4 Å². The van der Waals surface area contributed by atoms with E-state index in [1.807, 2.05) is 48.5 Å². The number of hydrogen-bond acceptors (Lipinski definition) is 4. The predicted molar refractivity (Wildman–Crippen MR) is 143 cm³/mol. The molecule has 1 aliphatic carbocycles. The summed E-state index contributed by atoms with van der Waals surface area (Å²) in [6.45, 7) is 3.63. The lowest BCUT2D eigenvalue weighted by Crippen LogP contribution is -2.37. The number of amides is 1. The molecule has 1 saturated heterocycles. The van der Waals surface area contributed by atoms with E-state index >= 15 is 0 Å². The molecule has 5 rings (SSSR count). The van der Waals surface area contributed by atoms with Crippen LogP contribution in [0.2, 0.25) is 0 Å². The van der Waals surface area contributed by atoms with E-state index in [0.29, 0.717) is 29.9 Å². The van der Waals surface area contributed by atoms with Gasteiger partial charge in [0, 0.05) is 49.7 Å². The third-order valence-corrected chi connectivity index (χ3v) is 7.42. The third-order valence-electron chi connectivity index (χ3n) is 7.42. The molecule has 3 N–H and O–H groups in total. The van der Waals surface area contributed by atoms with Crippen LogP contribution in [0.15, 0.2) is 72.8 Å². The maximum absolute atomic E-state index is 13.1. The highest BCUT2D eigenvalue weighted by molar-refractivity contribution is 5.72. The highest BCUT2D eigenvalue weighted by Crippen LogP contribution is 2.44. The molecule has 6 nitrogen and oxygen atoms in total. The number of carbonyl (C=O) groups is 1. The van der Waals surface area contributed by atoms with Crippen molar-refractivity contribution in [3.8, 4) is 16.9 Å². The van der Waals surface area contributed by atoms with Gasteiger partial charge >= 0.3 is 12.3 Å². The van der Waals surface area contributed by atoms with Crippen molar-refractivity contribution in [3.63, 3.8) is 0 Å². The Morgan fingerprint density at radius 2 is 1.82 bits per heavy atom. The molecule has 3 unspecified atom stereocenters. The largest absolute Gasteiger partial charge is 0.488 e. The number of nitrogens with zero attached hydrogens (tertiary/aromatic N) is 1. The van der Waals surface area contributed by atoms with Crippen LogP contribution in [-0.4, -0.2) is 54.4 Å². The zero-order valence-corrected chi connectivity index (χ0v) is 21.5. The highest BCUT2D eigenvalue weighted by Gasteiger charge is 2.38. The summed E-state index contributed by atoms with van der Waals surface area (Å²) in [5.74, 6) is 0.951. The molecule has 39 heavy (non-hydrogen) atoms. The summed E-state index contributed by atoms with van der Waals surface area (Å²) < 4.78 is 45.5. The van der Waals surface area contributed by atoms with Crippen molar-refractivity contribution >= 4 is 6.09 Å². The van der Waals surface area contributed by atoms with Gasteiger partial charge in [0.2, 0.25) is 0 Å². The van der Waals surface area contributed by atoms with Gasteiger partial charge in [-0.05, 0) is 53.8 Å². The van der Waals surface area contributed by atoms with Crippen molar-refractivity contribution in [2.75, 3.05) is 26.2 Å². The standard InChI is InChI=1S/C30H32F3N3O3/c31-30(32,33)23-9-6-21(7-10-23)26-16-22(8-11-28(26)39-19-20-4-2-1-3-5-20)25-17-27(25)34-13-15-36-14-12-24(18-36)35-29(37)38/h1-11,16,24-25,27,34-35H,12-15,17-19H2,(H,37,38). The van der Waals surface area contributed by atoms with Crippen LogP contribution in [0, 0.1) is 0 Å². The maximum Gasteiger partial charge on any atom is 0.416 e. The number of nitrogens with one attached hydrogen (secondary N) is 2. The lowest BCUT2D eigenvalue weighted by molar-refractivity contribution is -0.137. The molecule has 9 heteroatoms. The van der Waals surface area contributed by atoms with Crippen LogP contribution >= 0.6 is 0 Å². The molecule has 0 spiro atoms. The second-order valence-electron chi connectivity index (χ2n) is 10.2. The fraction of sp³-hybridized carbons (Fsp3) is 0.367. The summed E-state index contributed by atoms with van der Waals surface area (Å²) in [5.41, 5.74) is 2.91. The molecule has 0 bridgehead atoms. The smallest absolute Gasteiger partial charge is 0.416 e. The molecule has 0 aromatic heterocycles. The Kier molecular flexibility index (Phi) is 8.09. The maximum atomic E-state index is 13.1. The third kappa shape index (κ3) is 7.10. The number of alkyl halides is 3. The first-order valence-corrected chi connectivity index (χ1v) is 13.2.